The van der Waals surface area contributed by atoms with Crippen molar-refractivity contribution in [2.24, 2.45) is 0 Å². The highest BCUT2D eigenvalue weighted by atomic mass is 127. The van der Waals surface area contributed by atoms with Crippen LogP contribution in [0.4, 0.5) is 5.69 Å². The number of hydrogen-bond donors (Lipinski definition) is 0. The van der Waals surface area contributed by atoms with Crippen LogP contribution in [0.2, 0.25) is 0 Å². The topological polar surface area (TPSA) is 37.4 Å². The van der Waals surface area contributed by atoms with Crippen LogP contribution < -0.4 is 4.90 Å². The van der Waals surface area contributed by atoms with E-state index >= 15 is 0 Å². The van der Waals surface area contributed by atoms with Gasteiger partial charge in [-0.2, -0.15) is 0 Å². The van der Waals surface area contributed by atoms with E-state index in [1.165, 1.54) is 0 Å². The van der Waals surface area contributed by atoms with Crippen LogP contribution in [0.1, 0.15) is 27.1 Å². The van der Waals surface area contributed by atoms with Gasteiger partial charge in [-0.3, -0.25) is 9.59 Å². The van der Waals surface area contributed by atoms with Crippen molar-refractivity contribution in [3.05, 3.63) is 63.2 Å². The minimum Gasteiger partial charge on any atom is -0.307 e. The first-order valence-corrected chi connectivity index (χ1v) is 7.45. The van der Waals surface area contributed by atoms with Gasteiger partial charge in [-0.25, -0.2) is 0 Å². The van der Waals surface area contributed by atoms with Crippen LogP contribution in [0.3, 0.4) is 0 Å². The van der Waals surface area contributed by atoms with Gasteiger partial charge in [-0.05, 0) is 46.9 Å². The van der Waals surface area contributed by atoms with Crippen LogP contribution in [0.5, 0.6) is 0 Å². The molecule has 0 fully saturated rings. The number of anilines is 1. The largest absolute Gasteiger partial charge is 0.307 e. The van der Waals surface area contributed by atoms with Crippen LogP contribution in [0, 0.1) is 3.57 Å². The lowest BCUT2D eigenvalue weighted by molar-refractivity contribution is 0.0954. The molecule has 0 atom stereocenters. The van der Waals surface area contributed by atoms with Crippen molar-refractivity contribution in [1.82, 2.24) is 0 Å². The molecule has 1 aliphatic rings. The molecular weight excluding hydrogens is 365 g/mol. The number of carbonyl (C=O) groups is 2. The van der Waals surface area contributed by atoms with E-state index in [9.17, 15) is 9.59 Å². The molecule has 3 rings (SSSR count). The van der Waals surface area contributed by atoms with E-state index in [2.05, 4.69) is 22.6 Å². The van der Waals surface area contributed by atoms with E-state index in [4.69, 9.17) is 0 Å². The van der Waals surface area contributed by atoms with Gasteiger partial charge in [0.15, 0.2) is 5.78 Å². The molecule has 1 aliphatic heterocycles. The third-order valence-corrected chi connectivity index (χ3v) is 4.35. The number of hydrogen-bond acceptors (Lipinski definition) is 2. The van der Waals surface area contributed by atoms with Gasteiger partial charge in [0.25, 0.3) is 5.91 Å². The summed E-state index contributed by atoms with van der Waals surface area (Å²) in [5, 5.41) is 0. The molecule has 3 nitrogen and oxygen atoms in total. The Morgan fingerprint density at radius 1 is 1.05 bits per heavy atom. The number of fused-ring (bicyclic) bond motifs is 1. The fraction of sp³-hybridized carbons (Fsp3) is 0.125. The van der Waals surface area contributed by atoms with E-state index in [0.717, 1.165) is 3.57 Å². The Balaban J connectivity index is 2.04. The average molecular weight is 377 g/mol. The Labute approximate surface area is 130 Å². The first-order chi connectivity index (χ1) is 9.68. The van der Waals surface area contributed by atoms with E-state index in [-0.39, 0.29) is 11.7 Å². The molecule has 0 saturated heterocycles. The molecule has 0 unspecified atom stereocenters. The monoisotopic (exact) mass is 377 g/mol. The van der Waals surface area contributed by atoms with Gasteiger partial charge in [0, 0.05) is 22.1 Å². The zero-order chi connectivity index (χ0) is 14.1. The zero-order valence-corrected chi connectivity index (χ0v) is 12.8. The summed E-state index contributed by atoms with van der Waals surface area (Å²) in [4.78, 5) is 26.3. The molecule has 0 saturated carbocycles. The summed E-state index contributed by atoms with van der Waals surface area (Å²) >= 11 is 2.16. The van der Waals surface area contributed by atoms with Crippen molar-refractivity contribution in [2.45, 2.75) is 6.42 Å². The number of para-hydroxylation sites is 1. The summed E-state index contributed by atoms with van der Waals surface area (Å²) in [6.07, 6.45) is 0.381. The molecule has 2 aromatic rings. The summed E-state index contributed by atoms with van der Waals surface area (Å²) in [6, 6.07) is 14.8. The molecule has 2 aromatic carbocycles. The molecule has 1 amide bonds. The highest BCUT2D eigenvalue weighted by Gasteiger charge is 2.28. The summed E-state index contributed by atoms with van der Waals surface area (Å²) in [5.41, 5.74) is 2.03. The molecule has 0 aromatic heterocycles. The Hall–Kier alpha value is -1.69. The summed E-state index contributed by atoms with van der Waals surface area (Å²) < 4.78 is 0.921. The van der Waals surface area contributed by atoms with Crippen molar-refractivity contribution < 1.29 is 9.59 Å². The summed E-state index contributed by atoms with van der Waals surface area (Å²) in [6.45, 7) is 0.444. The number of amides is 1. The van der Waals surface area contributed by atoms with Gasteiger partial charge < -0.3 is 4.90 Å². The maximum absolute atomic E-state index is 12.7. The minimum atomic E-state index is -0.0463. The molecule has 1 heterocycles. The van der Waals surface area contributed by atoms with Crippen molar-refractivity contribution >= 4 is 40.0 Å². The SMILES string of the molecule is O=C1CCN(C(=O)c2ccccc2I)c2ccccc21. The third kappa shape index (κ3) is 2.24. The van der Waals surface area contributed by atoms with E-state index < -0.39 is 0 Å². The van der Waals surface area contributed by atoms with Crippen LogP contribution in [-0.4, -0.2) is 18.2 Å². The number of carbonyl (C=O) groups excluding carboxylic acids is 2. The van der Waals surface area contributed by atoms with Crippen LogP contribution in [0.15, 0.2) is 48.5 Å². The second-order valence-electron chi connectivity index (χ2n) is 4.63. The van der Waals surface area contributed by atoms with Gasteiger partial charge in [0.2, 0.25) is 0 Å². The summed E-state index contributed by atoms with van der Waals surface area (Å²) in [7, 11) is 0. The predicted molar refractivity (Wildman–Crippen MR) is 86.2 cm³/mol. The van der Waals surface area contributed by atoms with Gasteiger partial charge in [0.05, 0.1) is 11.3 Å². The third-order valence-electron chi connectivity index (χ3n) is 3.41. The molecule has 0 radical (unpaired) electrons. The van der Waals surface area contributed by atoms with Crippen molar-refractivity contribution in [1.29, 1.82) is 0 Å². The van der Waals surface area contributed by atoms with Crippen LogP contribution in [0.25, 0.3) is 0 Å². The molecule has 4 heteroatoms. The normalized spacial score (nSPS) is 14.1. The molecule has 0 spiro atoms. The average Bonchev–Trinajstić information content (AvgIpc) is 2.48. The maximum Gasteiger partial charge on any atom is 0.259 e. The molecule has 0 N–H and O–H groups in total. The number of halogens is 1. The predicted octanol–water partition coefficient (Wildman–Crippen LogP) is 3.52. The number of Topliss-reactive ketones (excluding diaryl/α,β-unsaturated/α-hetero) is 1. The van der Waals surface area contributed by atoms with Gasteiger partial charge >= 0.3 is 0 Å². The maximum atomic E-state index is 12.7. The second kappa shape index (κ2) is 5.36. The lowest BCUT2D eigenvalue weighted by Crippen LogP contribution is -2.37. The fourth-order valence-electron chi connectivity index (χ4n) is 2.40. The quantitative estimate of drug-likeness (QED) is 0.714. The van der Waals surface area contributed by atoms with Crippen LogP contribution in [-0.2, 0) is 0 Å². The molecule has 100 valence electrons. The van der Waals surface area contributed by atoms with Gasteiger partial charge in [-0.1, -0.05) is 24.3 Å². The van der Waals surface area contributed by atoms with Crippen molar-refractivity contribution in [3.63, 3.8) is 0 Å². The van der Waals surface area contributed by atoms with E-state index in [0.29, 0.717) is 29.8 Å². The van der Waals surface area contributed by atoms with Crippen LogP contribution >= 0.6 is 22.6 Å². The Morgan fingerprint density at radius 3 is 2.55 bits per heavy atom. The van der Waals surface area contributed by atoms with Gasteiger partial charge in [-0.15, -0.1) is 0 Å². The lowest BCUT2D eigenvalue weighted by atomic mass is 9.99. The highest BCUT2D eigenvalue weighted by molar-refractivity contribution is 14.1. The first kappa shape index (κ1) is 13.3. The molecular formula is C16H12INO2. The number of ketones is 1. The Bertz CT molecular complexity index is 696. The summed E-state index contributed by atoms with van der Waals surface area (Å²) in [5.74, 6) is 0.0577. The molecule has 20 heavy (non-hydrogen) atoms. The van der Waals surface area contributed by atoms with Gasteiger partial charge in [0.1, 0.15) is 0 Å². The van der Waals surface area contributed by atoms with E-state index in [1.807, 2.05) is 42.5 Å². The fourth-order valence-corrected chi connectivity index (χ4v) is 3.02. The standard InChI is InChI=1S/C16H12INO2/c17-13-7-3-1-5-11(13)16(20)18-10-9-15(19)12-6-2-4-8-14(12)18/h1-8H,9-10H2. The number of benzene rings is 2. The smallest absolute Gasteiger partial charge is 0.259 e. The minimum absolute atomic E-state index is 0.0463. The zero-order valence-electron chi connectivity index (χ0n) is 10.7. The molecule has 0 aliphatic carbocycles. The first-order valence-electron chi connectivity index (χ1n) is 6.37. The molecule has 0 bridgehead atoms. The van der Waals surface area contributed by atoms with E-state index in [1.54, 1.807) is 11.0 Å². The second-order valence-corrected chi connectivity index (χ2v) is 5.79. The highest BCUT2D eigenvalue weighted by Crippen LogP contribution is 2.28. The lowest BCUT2D eigenvalue weighted by Gasteiger charge is -2.29. The number of rotatable bonds is 1. The van der Waals surface area contributed by atoms with Crippen molar-refractivity contribution in [3.8, 4) is 0 Å². The van der Waals surface area contributed by atoms with Crippen molar-refractivity contribution in [2.75, 3.05) is 11.4 Å². The Morgan fingerprint density at radius 2 is 1.75 bits per heavy atom. The Kier molecular flexibility index (Phi) is 3.56. The number of nitrogens with zero attached hydrogens (tertiary/aromatic N) is 1.